The van der Waals surface area contributed by atoms with Crippen molar-refractivity contribution in [2.24, 2.45) is 0 Å². The van der Waals surface area contributed by atoms with Gasteiger partial charge in [-0.25, -0.2) is 0 Å². The maximum atomic E-state index is 2.58. The molecule has 0 amide bonds. The average Bonchev–Trinajstić information content (AvgIpc) is 3.87. The van der Waals surface area contributed by atoms with E-state index in [0.29, 0.717) is 0 Å². The van der Waals surface area contributed by atoms with Gasteiger partial charge >= 0.3 is 0 Å². The Morgan fingerprint density at radius 2 is 0.562 bits per heavy atom. The summed E-state index contributed by atoms with van der Waals surface area (Å²) in [4.78, 5) is 0. The summed E-state index contributed by atoms with van der Waals surface area (Å²) in [6.07, 6.45) is 0. The lowest BCUT2D eigenvalue weighted by Crippen LogP contribution is -2.58. The van der Waals surface area contributed by atoms with E-state index in [0.717, 1.165) is 11.4 Å². The molecule has 3 aliphatic rings. The summed E-state index contributed by atoms with van der Waals surface area (Å²) >= 11 is 0. The van der Waals surface area contributed by atoms with Crippen molar-refractivity contribution in [3.63, 3.8) is 0 Å². The third kappa shape index (κ3) is 3.95. The molecule has 0 radical (unpaired) electrons. The van der Waals surface area contributed by atoms with Gasteiger partial charge in [0.1, 0.15) is 0 Å². The maximum Gasteiger partial charge on any atom is 0.0648 e. The molecular formula is C62H38N2. The zero-order valence-corrected chi connectivity index (χ0v) is 34.8. The van der Waals surface area contributed by atoms with Gasteiger partial charge < -0.3 is 9.13 Å². The molecule has 3 aliphatic carbocycles. The van der Waals surface area contributed by atoms with Crippen LogP contribution in [0.4, 0.5) is 0 Å². The fourth-order valence-corrected chi connectivity index (χ4v) is 13.1. The van der Waals surface area contributed by atoms with Crippen LogP contribution in [0.5, 0.6) is 0 Å². The van der Waals surface area contributed by atoms with E-state index in [1.807, 2.05) is 0 Å². The lowest BCUT2D eigenvalue weighted by Gasteiger charge is -2.62. The maximum absolute atomic E-state index is 2.58. The molecule has 2 heterocycles. The van der Waals surface area contributed by atoms with Crippen LogP contribution < -0.4 is 0 Å². The van der Waals surface area contributed by atoms with Crippen LogP contribution >= 0.6 is 0 Å². The molecule has 12 aromatic rings. The highest BCUT2D eigenvalue weighted by molar-refractivity contribution is 6.19. The van der Waals surface area contributed by atoms with Crippen molar-refractivity contribution in [2.45, 2.75) is 10.8 Å². The fourth-order valence-electron chi connectivity index (χ4n) is 13.1. The summed E-state index contributed by atoms with van der Waals surface area (Å²) in [6.45, 7) is 0. The fraction of sp³-hybridized carbons (Fsp3) is 0.0323. The third-order valence-corrected chi connectivity index (χ3v) is 15.2. The second-order valence-corrected chi connectivity index (χ2v) is 17.9. The number of benzene rings is 10. The Balaban J connectivity index is 1.12. The highest BCUT2D eigenvalue weighted by Crippen LogP contribution is 2.73. The molecule has 0 aliphatic heterocycles. The summed E-state index contributed by atoms with van der Waals surface area (Å²) in [5.41, 5.74) is 21.8. The predicted molar refractivity (Wildman–Crippen MR) is 264 cm³/mol. The molecule has 0 N–H and O–H groups in total. The zero-order chi connectivity index (χ0) is 41.7. The Bertz CT molecular complexity index is 3880. The van der Waals surface area contributed by atoms with Gasteiger partial charge in [0.15, 0.2) is 0 Å². The number of hydrogen-bond acceptors (Lipinski definition) is 0. The molecule has 64 heavy (non-hydrogen) atoms. The highest BCUT2D eigenvalue weighted by Gasteiger charge is 2.66. The summed E-state index contributed by atoms with van der Waals surface area (Å²) < 4.78 is 4.98. The minimum absolute atomic E-state index is 0.586. The summed E-state index contributed by atoms with van der Waals surface area (Å²) in [7, 11) is 0. The third-order valence-electron chi connectivity index (χ3n) is 15.2. The molecule has 2 nitrogen and oxygen atoms in total. The Labute approximate surface area is 370 Å². The molecule has 0 saturated heterocycles. The van der Waals surface area contributed by atoms with Crippen molar-refractivity contribution < 1.29 is 0 Å². The Hall–Kier alpha value is -8.20. The van der Waals surface area contributed by atoms with E-state index in [1.165, 1.54) is 110 Å². The van der Waals surface area contributed by atoms with Crippen molar-refractivity contribution in [3.8, 4) is 44.8 Å². The molecule has 0 spiro atoms. The first-order valence-electron chi connectivity index (χ1n) is 22.4. The Morgan fingerprint density at radius 3 is 1.02 bits per heavy atom. The Kier molecular flexibility index (Phi) is 6.58. The van der Waals surface area contributed by atoms with Crippen LogP contribution in [-0.4, -0.2) is 9.13 Å². The lowest BCUT2D eigenvalue weighted by molar-refractivity contribution is 0.405. The van der Waals surface area contributed by atoms with Gasteiger partial charge in [0.2, 0.25) is 0 Å². The van der Waals surface area contributed by atoms with Gasteiger partial charge in [-0.15, -0.1) is 0 Å². The van der Waals surface area contributed by atoms with Gasteiger partial charge in [0.25, 0.3) is 0 Å². The molecule has 0 atom stereocenters. The smallest absolute Gasteiger partial charge is 0.0648 e. The van der Waals surface area contributed by atoms with E-state index >= 15 is 0 Å². The largest absolute Gasteiger partial charge is 0.309 e. The number of para-hydroxylation sites is 3. The molecule has 10 aromatic carbocycles. The minimum atomic E-state index is -0.627. The molecule has 0 saturated carbocycles. The van der Waals surface area contributed by atoms with Crippen LogP contribution in [0, 0.1) is 0 Å². The van der Waals surface area contributed by atoms with Crippen LogP contribution in [0.15, 0.2) is 231 Å². The highest BCUT2D eigenvalue weighted by atomic mass is 15.0. The van der Waals surface area contributed by atoms with E-state index in [-0.39, 0.29) is 0 Å². The van der Waals surface area contributed by atoms with Crippen molar-refractivity contribution in [1.82, 2.24) is 9.13 Å². The number of aromatic nitrogens is 2. The van der Waals surface area contributed by atoms with Gasteiger partial charge in [-0.3, -0.25) is 0 Å². The van der Waals surface area contributed by atoms with Crippen LogP contribution in [0.25, 0.3) is 88.4 Å². The van der Waals surface area contributed by atoms with E-state index in [9.17, 15) is 0 Å². The molecular weight excluding hydrogens is 773 g/mol. The monoisotopic (exact) mass is 810 g/mol. The van der Waals surface area contributed by atoms with Gasteiger partial charge in [0, 0.05) is 32.9 Å². The van der Waals surface area contributed by atoms with Crippen LogP contribution in [0.1, 0.15) is 33.4 Å². The van der Waals surface area contributed by atoms with Crippen molar-refractivity contribution in [1.29, 1.82) is 0 Å². The first-order chi connectivity index (χ1) is 31.8. The topological polar surface area (TPSA) is 9.86 Å². The first-order valence-corrected chi connectivity index (χ1v) is 22.4. The molecule has 2 aromatic heterocycles. The van der Waals surface area contributed by atoms with Crippen LogP contribution in [0.2, 0.25) is 0 Å². The van der Waals surface area contributed by atoms with Gasteiger partial charge in [0.05, 0.1) is 32.9 Å². The SMILES string of the molecule is c1ccc(-n2c3ccccc3c3cc4c(cc32)c2ccccc2n4-c2ccc3c(c2)C24c5ccccc5-c5ccccc5C2(c2ccccc2-c2ccccc24)c2ccccc2-3)cc1. The zero-order valence-electron chi connectivity index (χ0n) is 34.8. The summed E-state index contributed by atoms with van der Waals surface area (Å²) in [5, 5.41) is 4.98. The summed E-state index contributed by atoms with van der Waals surface area (Å²) in [6, 6.07) is 87.4. The predicted octanol–water partition coefficient (Wildman–Crippen LogP) is 15.2. The standard InChI is InChI=1S/C62H38N2/c1-2-18-39(19-3-1)63-57-32-16-9-25-47(57)49-38-60-50(37-59(49)63)48-26-10-17-33-58(48)64(60)40-34-35-46-45-24-8-13-29-53(45)61-51-27-11-4-20-41(51)43-22-6-14-30-54(43)62(61,56(46)36-40)55-31-15-7-23-44(55)42-21-5-12-28-52(42)61/h1-38H. The van der Waals surface area contributed by atoms with E-state index < -0.39 is 10.8 Å². The van der Waals surface area contributed by atoms with Crippen LogP contribution in [-0.2, 0) is 10.8 Å². The average molecular weight is 811 g/mol. The first kappa shape index (κ1) is 34.4. The molecule has 0 unspecified atom stereocenters. The molecule has 0 bridgehead atoms. The molecule has 296 valence electrons. The number of hydrogen-bond donors (Lipinski definition) is 0. The molecule has 2 heteroatoms. The molecule has 15 rings (SSSR count). The minimum Gasteiger partial charge on any atom is -0.309 e. The number of rotatable bonds is 2. The van der Waals surface area contributed by atoms with E-state index in [2.05, 4.69) is 240 Å². The normalized spacial score (nSPS) is 17.5. The molecule has 0 fully saturated rings. The number of nitrogens with zero attached hydrogens (tertiary/aromatic N) is 2. The lowest BCUT2D eigenvalue weighted by atomic mass is 9.38. The van der Waals surface area contributed by atoms with Crippen molar-refractivity contribution in [3.05, 3.63) is 264 Å². The second kappa shape index (κ2) is 12.2. The Morgan fingerprint density at radius 1 is 0.219 bits per heavy atom. The number of fused-ring (bicyclic) bond motifs is 15. The van der Waals surface area contributed by atoms with Crippen molar-refractivity contribution >= 4 is 43.6 Å². The van der Waals surface area contributed by atoms with Crippen molar-refractivity contribution in [2.75, 3.05) is 0 Å². The quantitative estimate of drug-likeness (QED) is 0.165. The van der Waals surface area contributed by atoms with Crippen LogP contribution in [0.3, 0.4) is 0 Å². The summed E-state index contributed by atoms with van der Waals surface area (Å²) in [5.74, 6) is 0. The second-order valence-electron chi connectivity index (χ2n) is 17.9. The van der Waals surface area contributed by atoms with E-state index in [4.69, 9.17) is 0 Å². The van der Waals surface area contributed by atoms with E-state index in [1.54, 1.807) is 0 Å². The van der Waals surface area contributed by atoms with Gasteiger partial charge in [-0.1, -0.05) is 182 Å². The van der Waals surface area contributed by atoms with Gasteiger partial charge in [-0.05, 0) is 115 Å². The van der Waals surface area contributed by atoms with Gasteiger partial charge in [-0.2, -0.15) is 0 Å².